The maximum Gasteiger partial charge on any atom is 0.251 e. The molecule has 2 aromatic heterocycles. The second-order valence-corrected chi connectivity index (χ2v) is 6.45. The SMILES string of the molecule is Cc1ccnc2ccc(C(=O)N[C@H]3CCN(c4ccccn4)C3)cc12. The molecular formula is C20H20N4O. The molecular weight excluding hydrogens is 312 g/mol. The average Bonchev–Trinajstić information content (AvgIpc) is 3.11. The molecule has 0 bridgehead atoms. The third-order valence-electron chi connectivity index (χ3n) is 4.72. The summed E-state index contributed by atoms with van der Waals surface area (Å²) in [5, 5.41) is 4.17. The Labute approximate surface area is 146 Å². The second kappa shape index (κ2) is 6.51. The molecule has 1 aliphatic rings. The zero-order chi connectivity index (χ0) is 17.2. The molecule has 5 heteroatoms. The number of aromatic nitrogens is 2. The van der Waals surface area contributed by atoms with Crippen LogP contribution in [0.25, 0.3) is 10.9 Å². The Morgan fingerprint density at radius 2 is 2.08 bits per heavy atom. The van der Waals surface area contributed by atoms with Gasteiger partial charge in [-0.05, 0) is 55.3 Å². The minimum absolute atomic E-state index is 0.0296. The maximum atomic E-state index is 12.6. The summed E-state index contributed by atoms with van der Waals surface area (Å²) in [6.07, 6.45) is 4.52. The van der Waals surface area contributed by atoms with E-state index in [4.69, 9.17) is 0 Å². The van der Waals surface area contributed by atoms with Gasteiger partial charge in [-0.1, -0.05) is 6.07 Å². The van der Waals surface area contributed by atoms with Crippen LogP contribution >= 0.6 is 0 Å². The van der Waals surface area contributed by atoms with Crippen LogP contribution in [-0.4, -0.2) is 35.0 Å². The number of aryl methyl sites for hydroxylation is 1. The van der Waals surface area contributed by atoms with Crippen molar-refractivity contribution in [3.8, 4) is 0 Å². The fourth-order valence-corrected chi connectivity index (χ4v) is 3.32. The molecule has 0 aliphatic carbocycles. The van der Waals surface area contributed by atoms with E-state index in [2.05, 4.69) is 20.2 Å². The zero-order valence-electron chi connectivity index (χ0n) is 14.1. The zero-order valence-corrected chi connectivity index (χ0v) is 14.1. The molecule has 1 aliphatic heterocycles. The standard InChI is InChI=1S/C20H20N4O/c1-14-7-10-21-18-6-5-15(12-17(14)18)20(25)23-16-8-11-24(13-16)19-4-2-3-9-22-19/h2-7,9-10,12,16H,8,11,13H2,1H3,(H,23,25)/t16-/m0/s1. The minimum Gasteiger partial charge on any atom is -0.354 e. The van der Waals surface area contributed by atoms with E-state index in [9.17, 15) is 4.79 Å². The smallest absolute Gasteiger partial charge is 0.251 e. The van der Waals surface area contributed by atoms with Crippen LogP contribution in [-0.2, 0) is 0 Å². The highest BCUT2D eigenvalue weighted by Gasteiger charge is 2.25. The van der Waals surface area contributed by atoms with E-state index >= 15 is 0 Å². The summed E-state index contributed by atoms with van der Waals surface area (Å²) in [6.45, 7) is 3.73. The number of pyridine rings is 2. The fourth-order valence-electron chi connectivity index (χ4n) is 3.32. The van der Waals surface area contributed by atoms with Crippen molar-refractivity contribution in [2.24, 2.45) is 0 Å². The number of fused-ring (bicyclic) bond motifs is 1. The van der Waals surface area contributed by atoms with E-state index < -0.39 is 0 Å². The van der Waals surface area contributed by atoms with Crippen molar-refractivity contribution in [1.29, 1.82) is 0 Å². The molecule has 0 radical (unpaired) electrons. The highest BCUT2D eigenvalue weighted by molar-refractivity contribution is 5.98. The van der Waals surface area contributed by atoms with Crippen LogP contribution < -0.4 is 10.2 Å². The number of hydrogen-bond acceptors (Lipinski definition) is 4. The van der Waals surface area contributed by atoms with Gasteiger partial charge in [-0.25, -0.2) is 4.98 Å². The first-order valence-electron chi connectivity index (χ1n) is 8.53. The van der Waals surface area contributed by atoms with Gasteiger partial charge in [-0.2, -0.15) is 0 Å². The summed E-state index contributed by atoms with van der Waals surface area (Å²) in [5.74, 6) is 0.935. The quantitative estimate of drug-likeness (QED) is 0.801. The molecule has 3 aromatic rings. The number of benzene rings is 1. The van der Waals surface area contributed by atoms with Crippen molar-refractivity contribution in [1.82, 2.24) is 15.3 Å². The summed E-state index contributed by atoms with van der Waals surface area (Å²) in [6, 6.07) is 13.7. The van der Waals surface area contributed by atoms with Crippen molar-refractivity contribution in [2.75, 3.05) is 18.0 Å². The van der Waals surface area contributed by atoms with Crippen LogP contribution in [0, 0.1) is 6.92 Å². The van der Waals surface area contributed by atoms with Crippen LogP contribution in [0.5, 0.6) is 0 Å². The Bertz CT molecular complexity index is 910. The van der Waals surface area contributed by atoms with Crippen LogP contribution in [0.15, 0.2) is 54.9 Å². The third kappa shape index (κ3) is 3.18. The first kappa shape index (κ1) is 15.6. The maximum absolute atomic E-state index is 12.6. The molecule has 1 atom stereocenters. The molecule has 25 heavy (non-hydrogen) atoms. The lowest BCUT2D eigenvalue weighted by Crippen LogP contribution is -2.37. The van der Waals surface area contributed by atoms with Crippen LogP contribution in [0.1, 0.15) is 22.3 Å². The summed E-state index contributed by atoms with van der Waals surface area (Å²) in [4.78, 5) is 23.6. The van der Waals surface area contributed by atoms with Gasteiger partial charge in [0, 0.05) is 42.5 Å². The van der Waals surface area contributed by atoms with Gasteiger partial charge in [0.25, 0.3) is 5.91 Å². The summed E-state index contributed by atoms with van der Waals surface area (Å²) in [5.41, 5.74) is 2.72. The Balaban J connectivity index is 1.47. The number of nitrogens with one attached hydrogen (secondary N) is 1. The largest absolute Gasteiger partial charge is 0.354 e. The van der Waals surface area contributed by atoms with Gasteiger partial charge in [0.1, 0.15) is 5.82 Å². The summed E-state index contributed by atoms with van der Waals surface area (Å²) >= 11 is 0. The molecule has 1 fully saturated rings. The van der Waals surface area contributed by atoms with Crippen molar-refractivity contribution in [3.05, 3.63) is 66.0 Å². The molecule has 3 heterocycles. The number of amides is 1. The Kier molecular flexibility index (Phi) is 4.06. The third-order valence-corrected chi connectivity index (χ3v) is 4.72. The number of carbonyl (C=O) groups excluding carboxylic acids is 1. The Morgan fingerprint density at radius 1 is 1.16 bits per heavy atom. The van der Waals surface area contributed by atoms with Crippen LogP contribution in [0.3, 0.4) is 0 Å². The highest BCUT2D eigenvalue weighted by Crippen LogP contribution is 2.20. The van der Waals surface area contributed by atoms with Crippen molar-refractivity contribution >= 4 is 22.6 Å². The number of rotatable bonds is 3. The molecule has 126 valence electrons. The van der Waals surface area contributed by atoms with Crippen molar-refractivity contribution < 1.29 is 4.79 Å². The van der Waals surface area contributed by atoms with Gasteiger partial charge >= 0.3 is 0 Å². The summed E-state index contributed by atoms with van der Waals surface area (Å²) in [7, 11) is 0. The monoisotopic (exact) mass is 332 g/mol. The number of nitrogens with zero attached hydrogens (tertiary/aromatic N) is 3. The van der Waals surface area contributed by atoms with Gasteiger partial charge in [0.2, 0.25) is 0 Å². The molecule has 0 unspecified atom stereocenters. The van der Waals surface area contributed by atoms with Gasteiger partial charge in [-0.3, -0.25) is 9.78 Å². The van der Waals surface area contributed by atoms with Crippen molar-refractivity contribution in [2.45, 2.75) is 19.4 Å². The molecule has 1 aromatic carbocycles. The Hall–Kier alpha value is -2.95. The van der Waals surface area contributed by atoms with E-state index in [1.54, 1.807) is 12.4 Å². The van der Waals surface area contributed by atoms with Gasteiger partial charge in [-0.15, -0.1) is 0 Å². The van der Waals surface area contributed by atoms with Gasteiger partial charge in [0.05, 0.1) is 5.52 Å². The molecule has 1 amide bonds. The second-order valence-electron chi connectivity index (χ2n) is 6.45. The topological polar surface area (TPSA) is 58.1 Å². The lowest BCUT2D eigenvalue weighted by atomic mass is 10.1. The average molecular weight is 332 g/mol. The lowest BCUT2D eigenvalue weighted by molar-refractivity contribution is 0.0940. The van der Waals surface area contributed by atoms with Crippen LogP contribution in [0.2, 0.25) is 0 Å². The number of hydrogen-bond donors (Lipinski definition) is 1. The van der Waals surface area contributed by atoms with Crippen molar-refractivity contribution in [3.63, 3.8) is 0 Å². The highest BCUT2D eigenvalue weighted by atomic mass is 16.1. The number of anilines is 1. The Morgan fingerprint density at radius 3 is 2.92 bits per heavy atom. The predicted octanol–water partition coefficient (Wildman–Crippen LogP) is 2.95. The van der Waals surface area contributed by atoms with E-state index in [1.165, 1.54) is 0 Å². The molecule has 4 rings (SSSR count). The minimum atomic E-state index is -0.0296. The van der Waals surface area contributed by atoms with Crippen LogP contribution in [0.4, 0.5) is 5.82 Å². The normalized spacial score (nSPS) is 17.0. The molecule has 1 saturated heterocycles. The van der Waals surface area contributed by atoms with Gasteiger partial charge < -0.3 is 10.2 Å². The van der Waals surface area contributed by atoms with E-state index in [-0.39, 0.29) is 11.9 Å². The summed E-state index contributed by atoms with van der Waals surface area (Å²) < 4.78 is 0. The lowest BCUT2D eigenvalue weighted by Gasteiger charge is -2.17. The van der Waals surface area contributed by atoms with Gasteiger partial charge in [0.15, 0.2) is 0 Å². The predicted molar refractivity (Wildman–Crippen MR) is 98.8 cm³/mol. The number of carbonyl (C=O) groups is 1. The molecule has 0 saturated carbocycles. The fraction of sp³-hybridized carbons (Fsp3) is 0.250. The molecule has 1 N–H and O–H groups in total. The first-order valence-corrected chi connectivity index (χ1v) is 8.53. The van der Waals surface area contributed by atoms with E-state index in [1.807, 2.05) is 49.4 Å². The molecule has 0 spiro atoms. The molecule has 5 nitrogen and oxygen atoms in total. The van der Waals surface area contributed by atoms with E-state index in [0.29, 0.717) is 5.56 Å². The first-order chi connectivity index (χ1) is 12.2. The van der Waals surface area contributed by atoms with E-state index in [0.717, 1.165) is 41.8 Å².